The summed E-state index contributed by atoms with van der Waals surface area (Å²) < 4.78 is 0. The van der Waals surface area contributed by atoms with E-state index in [1.54, 1.807) is 0 Å². The van der Waals surface area contributed by atoms with Gasteiger partial charge in [0.05, 0.1) is 0 Å². The van der Waals surface area contributed by atoms with Gasteiger partial charge in [0.25, 0.3) is 0 Å². The molecular formula is C22H25N5O. The Balaban J connectivity index is 1.93. The van der Waals surface area contributed by atoms with E-state index in [1.807, 2.05) is 60.7 Å². The van der Waals surface area contributed by atoms with Crippen LogP contribution in [0.15, 0.2) is 60.7 Å². The van der Waals surface area contributed by atoms with Crippen molar-refractivity contribution in [2.45, 2.75) is 20.8 Å². The average molecular weight is 375 g/mol. The van der Waals surface area contributed by atoms with Crippen molar-refractivity contribution in [3.05, 3.63) is 60.7 Å². The number of hydrogen-bond donors (Lipinski definition) is 2. The lowest BCUT2D eigenvalue weighted by molar-refractivity contribution is -0.114. The van der Waals surface area contributed by atoms with Crippen LogP contribution in [0.3, 0.4) is 0 Å². The van der Waals surface area contributed by atoms with Gasteiger partial charge in [0.1, 0.15) is 11.6 Å². The van der Waals surface area contributed by atoms with E-state index in [0.717, 1.165) is 41.7 Å². The van der Waals surface area contributed by atoms with Gasteiger partial charge >= 0.3 is 0 Å². The highest BCUT2D eigenvalue weighted by Crippen LogP contribution is 2.25. The summed E-state index contributed by atoms with van der Waals surface area (Å²) in [6.07, 6.45) is 0. The maximum Gasteiger partial charge on any atom is 0.221 e. The first-order valence-electron chi connectivity index (χ1n) is 9.43. The Morgan fingerprint density at radius 2 is 1.57 bits per heavy atom. The van der Waals surface area contributed by atoms with Crippen molar-refractivity contribution in [2.24, 2.45) is 0 Å². The molecule has 0 saturated heterocycles. The molecule has 6 nitrogen and oxygen atoms in total. The lowest BCUT2D eigenvalue weighted by Crippen LogP contribution is -2.23. The fourth-order valence-corrected chi connectivity index (χ4v) is 2.91. The number of carbonyl (C=O) groups is 1. The molecule has 0 radical (unpaired) electrons. The van der Waals surface area contributed by atoms with E-state index in [0.29, 0.717) is 5.82 Å². The number of aromatic nitrogens is 2. The van der Waals surface area contributed by atoms with Crippen molar-refractivity contribution >= 4 is 28.9 Å². The Hall–Kier alpha value is -3.41. The first-order chi connectivity index (χ1) is 13.6. The molecule has 6 heteroatoms. The fourth-order valence-electron chi connectivity index (χ4n) is 2.91. The summed E-state index contributed by atoms with van der Waals surface area (Å²) in [5, 5.41) is 6.11. The molecule has 1 amide bonds. The van der Waals surface area contributed by atoms with Gasteiger partial charge in [-0.1, -0.05) is 30.3 Å². The number of carbonyl (C=O) groups excluding carboxylic acids is 1. The molecule has 2 N–H and O–H groups in total. The van der Waals surface area contributed by atoms with Crippen LogP contribution < -0.4 is 15.5 Å². The van der Waals surface area contributed by atoms with Crippen molar-refractivity contribution < 1.29 is 4.79 Å². The highest BCUT2D eigenvalue weighted by Gasteiger charge is 2.11. The first-order valence-corrected chi connectivity index (χ1v) is 9.43. The van der Waals surface area contributed by atoms with Crippen molar-refractivity contribution in [3.8, 4) is 11.4 Å². The van der Waals surface area contributed by atoms with Crippen LogP contribution in [0.4, 0.5) is 23.0 Å². The van der Waals surface area contributed by atoms with E-state index in [1.165, 1.54) is 6.92 Å². The number of amides is 1. The summed E-state index contributed by atoms with van der Waals surface area (Å²) in [5.74, 6) is 2.20. The number of rotatable bonds is 7. The van der Waals surface area contributed by atoms with Crippen LogP contribution in [-0.2, 0) is 4.79 Å². The molecule has 0 aliphatic rings. The van der Waals surface area contributed by atoms with Gasteiger partial charge in [0, 0.05) is 43.0 Å². The third-order valence-electron chi connectivity index (χ3n) is 4.31. The molecular weight excluding hydrogens is 350 g/mol. The zero-order valence-corrected chi connectivity index (χ0v) is 16.4. The van der Waals surface area contributed by atoms with Gasteiger partial charge in [-0.05, 0) is 38.1 Å². The molecule has 3 aromatic rings. The summed E-state index contributed by atoms with van der Waals surface area (Å²) >= 11 is 0. The monoisotopic (exact) mass is 375 g/mol. The number of hydrogen-bond acceptors (Lipinski definition) is 5. The van der Waals surface area contributed by atoms with Crippen molar-refractivity contribution in [1.82, 2.24) is 9.97 Å². The smallest absolute Gasteiger partial charge is 0.221 e. The summed E-state index contributed by atoms with van der Waals surface area (Å²) in [6.45, 7) is 7.45. The second-order valence-electron chi connectivity index (χ2n) is 6.36. The topological polar surface area (TPSA) is 70.2 Å². The van der Waals surface area contributed by atoms with Gasteiger partial charge < -0.3 is 15.5 Å². The molecule has 0 saturated carbocycles. The number of benzene rings is 2. The van der Waals surface area contributed by atoms with E-state index in [4.69, 9.17) is 9.97 Å². The first kappa shape index (κ1) is 19.4. The van der Waals surface area contributed by atoms with Gasteiger partial charge in [0.15, 0.2) is 5.82 Å². The predicted octanol–water partition coefficient (Wildman–Crippen LogP) is 4.69. The lowest BCUT2D eigenvalue weighted by Gasteiger charge is -2.21. The van der Waals surface area contributed by atoms with E-state index in [2.05, 4.69) is 29.4 Å². The summed E-state index contributed by atoms with van der Waals surface area (Å²) in [4.78, 5) is 22.8. The number of nitrogens with one attached hydrogen (secondary N) is 2. The highest BCUT2D eigenvalue weighted by atomic mass is 16.1. The van der Waals surface area contributed by atoms with Crippen LogP contribution in [0.2, 0.25) is 0 Å². The van der Waals surface area contributed by atoms with Crippen LogP contribution in [-0.4, -0.2) is 29.0 Å². The standard InChI is InChI=1S/C22H25N5O/c1-4-27(5-2)21-15-20(25-22(26-21)17-9-7-6-8-10-17)24-19-13-11-18(12-14-19)23-16(3)28/h6-15H,4-5H2,1-3H3,(H,23,28)(H,24,25,26). The van der Waals surface area contributed by atoms with Gasteiger partial charge in [-0.25, -0.2) is 9.97 Å². The normalized spacial score (nSPS) is 10.4. The second kappa shape index (κ2) is 8.99. The third kappa shape index (κ3) is 4.85. The van der Waals surface area contributed by atoms with Crippen LogP contribution in [0, 0.1) is 0 Å². The van der Waals surface area contributed by atoms with E-state index in [-0.39, 0.29) is 5.91 Å². The van der Waals surface area contributed by atoms with E-state index < -0.39 is 0 Å². The SMILES string of the molecule is CCN(CC)c1cc(Nc2ccc(NC(C)=O)cc2)nc(-c2ccccc2)n1. The number of nitrogens with zero attached hydrogens (tertiary/aromatic N) is 3. The molecule has 2 aromatic carbocycles. The molecule has 0 aliphatic carbocycles. The maximum atomic E-state index is 11.2. The van der Waals surface area contributed by atoms with Crippen LogP contribution in [0.25, 0.3) is 11.4 Å². The molecule has 0 fully saturated rings. The lowest BCUT2D eigenvalue weighted by atomic mass is 10.2. The quantitative estimate of drug-likeness (QED) is 0.627. The minimum Gasteiger partial charge on any atom is -0.357 e. The molecule has 0 unspecified atom stereocenters. The Morgan fingerprint density at radius 1 is 0.929 bits per heavy atom. The zero-order chi connectivity index (χ0) is 19.9. The number of anilines is 4. The summed E-state index contributed by atoms with van der Waals surface area (Å²) in [5.41, 5.74) is 2.62. The van der Waals surface area contributed by atoms with E-state index in [9.17, 15) is 4.79 Å². The fraction of sp³-hybridized carbons (Fsp3) is 0.227. The van der Waals surface area contributed by atoms with Gasteiger partial charge in [-0.3, -0.25) is 4.79 Å². The molecule has 0 bridgehead atoms. The van der Waals surface area contributed by atoms with Crippen LogP contribution in [0.5, 0.6) is 0 Å². The highest BCUT2D eigenvalue weighted by molar-refractivity contribution is 5.88. The average Bonchev–Trinajstić information content (AvgIpc) is 2.71. The van der Waals surface area contributed by atoms with Crippen molar-refractivity contribution in [2.75, 3.05) is 28.6 Å². The predicted molar refractivity (Wildman–Crippen MR) is 115 cm³/mol. The summed E-state index contributed by atoms with van der Waals surface area (Å²) in [6, 6.07) is 19.4. The van der Waals surface area contributed by atoms with Gasteiger partial charge in [-0.2, -0.15) is 0 Å². The molecule has 1 aromatic heterocycles. The zero-order valence-electron chi connectivity index (χ0n) is 16.4. The summed E-state index contributed by atoms with van der Waals surface area (Å²) in [7, 11) is 0. The van der Waals surface area contributed by atoms with Crippen molar-refractivity contribution in [1.29, 1.82) is 0 Å². The maximum absolute atomic E-state index is 11.2. The Labute approximate surface area is 165 Å². The molecule has 144 valence electrons. The minimum atomic E-state index is -0.0899. The van der Waals surface area contributed by atoms with Crippen molar-refractivity contribution in [3.63, 3.8) is 0 Å². The minimum absolute atomic E-state index is 0.0899. The van der Waals surface area contributed by atoms with Crippen LogP contribution in [0.1, 0.15) is 20.8 Å². The molecule has 28 heavy (non-hydrogen) atoms. The third-order valence-corrected chi connectivity index (χ3v) is 4.31. The Bertz CT molecular complexity index is 921. The molecule has 0 atom stereocenters. The Kier molecular flexibility index (Phi) is 6.22. The molecule has 0 aliphatic heterocycles. The second-order valence-corrected chi connectivity index (χ2v) is 6.36. The molecule has 1 heterocycles. The van der Waals surface area contributed by atoms with E-state index >= 15 is 0 Å². The molecule has 3 rings (SSSR count). The van der Waals surface area contributed by atoms with Gasteiger partial charge in [0.2, 0.25) is 5.91 Å². The Morgan fingerprint density at radius 3 is 2.18 bits per heavy atom. The largest absolute Gasteiger partial charge is 0.357 e. The molecule has 0 spiro atoms. The van der Waals surface area contributed by atoms with Crippen LogP contribution >= 0.6 is 0 Å². The van der Waals surface area contributed by atoms with Gasteiger partial charge in [-0.15, -0.1) is 0 Å².